The van der Waals surface area contributed by atoms with Gasteiger partial charge in [-0.1, -0.05) is 61.7 Å². The number of halogens is 1. The number of hydrogen-bond donors (Lipinski definition) is 1. The van der Waals surface area contributed by atoms with E-state index in [0.717, 1.165) is 6.54 Å². The summed E-state index contributed by atoms with van der Waals surface area (Å²) < 4.78 is 1.22. The van der Waals surface area contributed by atoms with Crippen molar-refractivity contribution in [2.45, 2.75) is 53.0 Å². The van der Waals surface area contributed by atoms with Crippen LogP contribution in [0, 0.1) is 12.8 Å². The molecule has 0 aliphatic rings. The summed E-state index contributed by atoms with van der Waals surface area (Å²) in [6.45, 7) is 10.1. The minimum absolute atomic E-state index is 0.484. The fourth-order valence-corrected chi connectivity index (χ4v) is 2.93. The van der Waals surface area contributed by atoms with Crippen LogP contribution in [0.1, 0.15) is 57.2 Å². The molecule has 1 unspecified atom stereocenters. The zero-order valence-corrected chi connectivity index (χ0v) is 13.7. The Hall–Kier alpha value is -0.340. The van der Waals surface area contributed by atoms with Crippen LogP contribution in [0.5, 0.6) is 0 Å². The van der Waals surface area contributed by atoms with Crippen molar-refractivity contribution < 1.29 is 0 Å². The fourth-order valence-electron chi connectivity index (χ4n) is 2.55. The Labute approximate surface area is 120 Å². The Kier molecular flexibility index (Phi) is 6.95. The molecule has 1 rings (SSSR count). The average molecular weight is 312 g/mol. The normalized spacial score (nSPS) is 13.0. The molecule has 0 saturated carbocycles. The van der Waals surface area contributed by atoms with E-state index in [2.05, 4.69) is 67.1 Å². The van der Waals surface area contributed by atoms with Gasteiger partial charge in [0.05, 0.1) is 0 Å². The number of rotatable bonds is 7. The summed E-state index contributed by atoms with van der Waals surface area (Å²) in [6, 6.07) is 7.03. The van der Waals surface area contributed by atoms with E-state index in [0.29, 0.717) is 12.0 Å². The second-order valence-electron chi connectivity index (χ2n) is 4.96. The van der Waals surface area contributed by atoms with Gasteiger partial charge in [0.15, 0.2) is 0 Å². The van der Waals surface area contributed by atoms with Crippen molar-refractivity contribution in [2.75, 3.05) is 6.54 Å². The SMILES string of the molecule is CCCNC(c1cccc(Br)c1C)C(CC)CC. The molecular formula is C16H26BrN. The third-order valence-corrected chi connectivity index (χ3v) is 4.64. The molecule has 0 heterocycles. The summed E-state index contributed by atoms with van der Waals surface area (Å²) in [7, 11) is 0. The predicted octanol–water partition coefficient (Wildman–Crippen LogP) is 5.23. The fraction of sp³-hybridized carbons (Fsp3) is 0.625. The quantitative estimate of drug-likeness (QED) is 0.726. The van der Waals surface area contributed by atoms with Gasteiger partial charge in [-0.25, -0.2) is 0 Å². The van der Waals surface area contributed by atoms with Crippen molar-refractivity contribution >= 4 is 15.9 Å². The van der Waals surface area contributed by atoms with Gasteiger partial charge in [-0.05, 0) is 43.0 Å². The van der Waals surface area contributed by atoms with Gasteiger partial charge in [-0.2, -0.15) is 0 Å². The summed E-state index contributed by atoms with van der Waals surface area (Å²) >= 11 is 3.65. The van der Waals surface area contributed by atoms with Crippen LogP contribution < -0.4 is 5.32 Å². The van der Waals surface area contributed by atoms with Crippen LogP contribution in [-0.2, 0) is 0 Å². The first kappa shape index (κ1) is 15.7. The molecule has 1 nitrogen and oxygen atoms in total. The first-order valence-electron chi connectivity index (χ1n) is 7.14. The zero-order valence-electron chi connectivity index (χ0n) is 12.1. The van der Waals surface area contributed by atoms with Crippen molar-refractivity contribution in [3.8, 4) is 0 Å². The molecule has 0 bridgehead atoms. The molecule has 0 fully saturated rings. The lowest BCUT2D eigenvalue weighted by Crippen LogP contribution is -2.29. The van der Waals surface area contributed by atoms with Crippen LogP contribution in [0.2, 0.25) is 0 Å². The summed E-state index contributed by atoms with van der Waals surface area (Å²) in [5, 5.41) is 3.73. The Morgan fingerprint density at radius 3 is 2.39 bits per heavy atom. The van der Waals surface area contributed by atoms with Gasteiger partial charge in [-0.3, -0.25) is 0 Å². The Balaban J connectivity index is 3.04. The largest absolute Gasteiger partial charge is 0.310 e. The molecule has 2 heteroatoms. The molecule has 0 aromatic heterocycles. The lowest BCUT2D eigenvalue weighted by atomic mass is 9.86. The van der Waals surface area contributed by atoms with Crippen molar-refractivity contribution in [3.05, 3.63) is 33.8 Å². The maximum Gasteiger partial charge on any atom is 0.0351 e. The molecule has 0 aliphatic carbocycles. The van der Waals surface area contributed by atoms with Crippen molar-refractivity contribution in [1.29, 1.82) is 0 Å². The van der Waals surface area contributed by atoms with E-state index >= 15 is 0 Å². The molecule has 0 saturated heterocycles. The molecule has 18 heavy (non-hydrogen) atoms. The average Bonchev–Trinajstić information content (AvgIpc) is 2.38. The Morgan fingerprint density at radius 1 is 1.17 bits per heavy atom. The van der Waals surface area contributed by atoms with Gasteiger partial charge in [0.1, 0.15) is 0 Å². The smallest absolute Gasteiger partial charge is 0.0351 e. The highest BCUT2D eigenvalue weighted by Gasteiger charge is 2.21. The molecule has 0 radical (unpaired) electrons. The van der Waals surface area contributed by atoms with Gasteiger partial charge >= 0.3 is 0 Å². The van der Waals surface area contributed by atoms with E-state index < -0.39 is 0 Å². The van der Waals surface area contributed by atoms with Crippen LogP contribution in [0.3, 0.4) is 0 Å². The van der Waals surface area contributed by atoms with Gasteiger partial charge < -0.3 is 5.32 Å². The summed E-state index contributed by atoms with van der Waals surface area (Å²) in [5.74, 6) is 0.713. The van der Waals surface area contributed by atoms with E-state index in [9.17, 15) is 0 Å². The molecular weight excluding hydrogens is 286 g/mol. The second kappa shape index (κ2) is 7.96. The maximum atomic E-state index is 3.73. The van der Waals surface area contributed by atoms with E-state index in [4.69, 9.17) is 0 Å². The lowest BCUT2D eigenvalue weighted by molar-refractivity contribution is 0.340. The molecule has 1 aromatic rings. The highest BCUT2D eigenvalue weighted by atomic mass is 79.9. The van der Waals surface area contributed by atoms with Crippen molar-refractivity contribution in [3.63, 3.8) is 0 Å². The minimum Gasteiger partial charge on any atom is -0.310 e. The summed E-state index contributed by atoms with van der Waals surface area (Å²) in [6.07, 6.45) is 3.64. The van der Waals surface area contributed by atoms with E-state index in [1.54, 1.807) is 0 Å². The molecule has 1 atom stereocenters. The highest BCUT2D eigenvalue weighted by molar-refractivity contribution is 9.10. The van der Waals surface area contributed by atoms with Crippen LogP contribution in [-0.4, -0.2) is 6.54 Å². The van der Waals surface area contributed by atoms with Crippen LogP contribution in [0.15, 0.2) is 22.7 Å². The number of nitrogens with one attached hydrogen (secondary N) is 1. The molecule has 0 spiro atoms. The van der Waals surface area contributed by atoms with Gasteiger partial charge in [0.2, 0.25) is 0 Å². The van der Waals surface area contributed by atoms with Gasteiger partial charge in [-0.15, -0.1) is 0 Å². The van der Waals surface area contributed by atoms with E-state index in [1.165, 1.54) is 34.9 Å². The molecule has 1 N–H and O–H groups in total. The maximum absolute atomic E-state index is 3.73. The summed E-state index contributed by atoms with van der Waals surface area (Å²) in [5.41, 5.74) is 2.82. The van der Waals surface area contributed by atoms with E-state index in [-0.39, 0.29) is 0 Å². The zero-order chi connectivity index (χ0) is 13.5. The minimum atomic E-state index is 0.484. The molecule has 102 valence electrons. The van der Waals surface area contributed by atoms with Crippen LogP contribution >= 0.6 is 15.9 Å². The van der Waals surface area contributed by atoms with Crippen LogP contribution in [0.4, 0.5) is 0 Å². The number of benzene rings is 1. The number of hydrogen-bond acceptors (Lipinski definition) is 1. The second-order valence-corrected chi connectivity index (χ2v) is 5.82. The Bertz CT molecular complexity index is 358. The van der Waals surface area contributed by atoms with E-state index in [1.807, 2.05) is 0 Å². The van der Waals surface area contributed by atoms with Crippen molar-refractivity contribution in [1.82, 2.24) is 5.32 Å². The third kappa shape index (κ3) is 3.83. The molecule has 0 amide bonds. The topological polar surface area (TPSA) is 12.0 Å². The standard InChI is InChI=1S/C16H26BrN/c1-5-11-18-16(13(6-2)7-3)14-9-8-10-15(17)12(14)4/h8-10,13,16,18H,5-7,11H2,1-4H3. The predicted molar refractivity (Wildman–Crippen MR) is 84.0 cm³/mol. The van der Waals surface area contributed by atoms with Gasteiger partial charge in [0, 0.05) is 10.5 Å². The summed E-state index contributed by atoms with van der Waals surface area (Å²) in [4.78, 5) is 0. The monoisotopic (exact) mass is 311 g/mol. The van der Waals surface area contributed by atoms with Crippen molar-refractivity contribution in [2.24, 2.45) is 5.92 Å². The molecule has 1 aromatic carbocycles. The van der Waals surface area contributed by atoms with Crippen LogP contribution in [0.25, 0.3) is 0 Å². The lowest BCUT2D eigenvalue weighted by Gasteiger charge is -2.28. The highest BCUT2D eigenvalue weighted by Crippen LogP contribution is 2.32. The first-order chi connectivity index (χ1) is 8.65. The first-order valence-corrected chi connectivity index (χ1v) is 7.93. The third-order valence-electron chi connectivity index (χ3n) is 3.78. The van der Waals surface area contributed by atoms with Gasteiger partial charge in [0.25, 0.3) is 0 Å². The Morgan fingerprint density at radius 2 is 1.83 bits per heavy atom. The molecule has 0 aliphatic heterocycles.